The highest BCUT2D eigenvalue weighted by Crippen LogP contribution is 2.60. The molecule has 0 aromatic heterocycles. The lowest BCUT2D eigenvalue weighted by Crippen LogP contribution is -2.48. The van der Waals surface area contributed by atoms with Crippen LogP contribution in [-0.4, -0.2) is 51.0 Å². The average Bonchev–Trinajstić information content (AvgIpc) is 2.76. The zero-order chi connectivity index (χ0) is 23.4. The fraction of sp³-hybridized carbons (Fsp3) is 0.680. The predicted octanol–water partition coefficient (Wildman–Crippen LogP) is 2.64. The van der Waals surface area contributed by atoms with E-state index in [0.717, 1.165) is 24.0 Å². The van der Waals surface area contributed by atoms with Gasteiger partial charge >= 0.3 is 0 Å². The highest BCUT2D eigenvalue weighted by molar-refractivity contribution is 7.92. The van der Waals surface area contributed by atoms with Gasteiger partial charge in [0.2, 0.25) is 21.8 Å². The van der Waals surface area contributed by atoms with Crippen molar-refractivity contribution in [3.63, 3.8) is 0 Å². The molecule has 4 saturated carbocycles. The normalized spacial score (nSPS) is 31.5. The van der Waals surface area contributed by atoms with E-state index in [1.165, 1.54) is 48.4 Å². The molecular weight excluding hydrogens is 438 g/mol. The smallest absolute Gasteiger partial charge is 0.243 e. The van der Waals surface area contributed by atoms with Gasteiger partial charge in [0.05, 0.1) is 11.9 Å². The fourth-order valence-electron chi connectivity index (χ4n) is 7.48. The highest BCUT2D eigenvalue weighted by Gasteiger charge is 2.51. The third kappa shape index (κ3) is 4.38. The number of benzene rings is 1. The van der Waals surface area contributed by atoms with Crippen LogP contribution in [0.25, 0.3) is 0 Å². The maximum atomic E-state index is 12.9. The molecule has 7 nitrogen and oxygen atoms in total. The number of primary amides is 1. The van der Waals surface area contributed by atoms with E-state index in [2.05, 4.69) is 12.1 Å². The second kappa shape index (κ2) is 8.29. The van der Waals surface area contributed by atoms with E-state index in [1.807, 2.05) is 12.1 Å². The topological polar surface area (TPSA) is 101 Å². The zero-order valence-electron chi connectivity index (χ0n) is 19.4. The molecular formula is C25H35N3O4S. The van der Waals surface area contributed by atoms with Gasteiger partial charge in [0.25, 0.3) is 0 Å². The van der Waals surface area contributed by atoms with Crippen molar-refractivity contribution < 1.29 is 18.0 Å². The highest BCUT2D eigenvalue weighted by atomic mass is 32.2. The maximum Gasteiger partial charge on any atom is 0.243 e. The number of anilines is 1. The largest absolute Gasteiger partial charge is 0.369 e. The summed E-state index contributed by atoms with van der Waals surface area (Å²) >= 11 is 0. The van der Waals surface area contributed by atoms with Crippen LogP contribution in [0.15, 0.2) is 24.3 Å². The Balaban J connectivity index is 1.31. The van der Waals surface area contributed by atoms with E-state index in [-0.39, 0.29) is 29.7 Å². The minimum atomic E-state index is -3.62. The van der Waals surface area contributed by atoms with Gasteiger partial charge in [-0.1, -0.05) is 12.1 Å². The van der Waals surface area contributed by atoms with Crippen LogP contribution in [0.3, 0.4) is 0 Å². The first-order valence-electron chi connectivity index (χ1n) is 12.3. The second-order valence-electron chi connectivity index (χ2n) is 11.1. The molecule has 0 atom stereocenters. The molecule has 1 saturated heterocycles. The molecule has 2 amide bonds. The molecule has 4 bridgehead atoms. The molecule has 8 heteroatoms. The molecule has 2 N–H and O–H groups in total. The summed E-state index contributed by atoms with van der Waals surface area (Å²) in [5, 5.41) is 0. The summed E-state index contributed by atoms with van der Waals surface area (Å²) in [6.45, 7) is 0.626. The number of hydrogen-bond donors (Lipinski definition) is 1. The van der Waals surface area contributed by atoms with Crippen molar-refractivity contribution >= 4 is 27.5 Å². The summed E-state index contributed by atoms with van der Waals surface area (Å²) in [5.41, 5.74) is 7.50. The Bertz CT molecular complexity index is 993. The predicted molar refractivity (Wildman–Crippen MR) is 127 cm³/mol. The number of hydrogen-bond acceptors (Lipinski definition) is 4. The Kier molecular flexibility index (Phi) is 5.70. The van der Waals surface area contributed by atoms with Crippen LogP contribution in [-0.2, 0) is 25.0 Å². The van der Waals surface area contributed by atoms with Gasteiger partial charge in [-0.15, -0.1) is 0 Å². The molecule has 180 valence electrons. The van der Waals surface area contributed by atoms with Gasteiger partial charge in [0, 0.05) is 19.0 Å². The molecule has 0 radical (unpaired) electrons. The first kappa shape index (κ1) is 22.7. The van der Waals surface area contributed by atoms with Gasteiger partial charge in [-0.25, -0.2) is 8.42 Å². The summed E-state index contributed by atoms with van der Waals surface area (Å²) < 4.78 is 26.4. The molecule has 0 unspecified atom stereocenters. The Labute approximate surface area is 196 Å². The van der Waals surface area contributed by atoms with Crippen molar-refractivity contribution in [2.45, 2.75) is 56.8 Å². The number of rotatable bonds is 6. The number of carbonyl (C=O) groups excluding carboxylic acids is 2. The number of likely N-dealkylation sites (tertiary alicyclic amines) is 1. The SMILES string of the molecule is CS(=O)(=O)N(CC(=O)N1CCC(C(N)=O)CC1)c1ccc(C23CC4CC(CC(C4)C2)C3)cc1. The maximum absolute atomic E-state index is 12.9. The molecule has 1 aliphatic heterocycles. The lowest BCUT2D eigenvalue weighted by atomic mass is 9.48. The van der Waals surface area contributed by atoms with Crippen LogP contribution >= 0.6 is 0 Å². The van der Waals surface area contributed by atoms with Crippen LogP contribution < -0.4 is 10.0 Å². The summed E-state index contributed by atoms with van der Waals surface area (Å²) in [6.07, 6.45) is 10.1. The van der Waals surface area contributed by atoms with E-state index in [1.54, 1.807) is 4.90 Å². The van der Waals surface area contributed by atoms with Crippen LogP contribution in [0.2, 0.25) is 0 Å². The molecule has 1 heterocycles. The van der Waals surface area contributed by atoms with Crippen molar-refractivity contribution in [1.82, 2.24) is 4.90 Å². The van der Waals surface area contributed by atoms with Crippen LogP contribution in [0, 0.1) is 23.7 Å². The van der Waals surface area contributed by atoms with E-state index in [0.29, 0.717) is 31.6 Å². The van der Waals surface area contributed by atoms with Gasteiger partial charge < -0.3 is 10.6 Å². The first-order valence-corrected chi connectivity index (χ1v) is 14.1. The van der Waals surface area contributed by atoms with Crippen LogP contribution in [0.1, 0.15) is 56.9 Å². The van der Waals surface area contributed by atoms with Crippen molar-refractivity contribution in [2.75, 3.05) is 30.2 Å². The van der Waals surface area contributed by atoms with Gasteiger partial charge in [-0.2, -0.15) is 0 Å². The van der Waals surface area contributed by atoms with E-state index in [9.17, 15) is 18.0 Å². The number of carbonyl (C=O) groups is 2. The number of piperidine rings is 1. The molecule has 0 spiro atoms. The standard InChI is InChI=1S/C25H35N3O4S/c1-33(31,32)28(16-23(29)27-8-6-20(7-9-27)24(26)30)22-4-2-21(3-5-22)25-13-17-10-18(14-25)12-19(11-17)15-25/h2-5,17-20H,6-16H2,1H3,(H2,26,30). The molecule has 6 rings (SSSR count). The Morgan fingerprint density at radius 2 is 1.52 bits per heavy atom. The van der Waals surface area contributed by atoms with Crippen molar-refractivity contribution in [2.24, 2.45) is 29.4 Å². The quantitative estimate of drug-likeness (QED) is 0.686. The van der Waals surface area contributed by atoms with Gasteiger partial charge in [-0.05, 0) is 92.2 Å². The molecule has 1 aromatic rings. The molecule has 5 aliphatic rings. The second-order valence-corrected chi connectivity index (χ2v) is 13.0. The van der Waals surface area contributed by atoms with Gasteiger partial charge in [0.15, 0.2) is 0 Å². The van der Waals surface area contributed by atoms with Crippen molar-refractivity contribution in [3.8, 4) is 0 Å². The van der Waals surface area contributed by atoms with Crippen molar-refractivity contribution in [1.29, 1.82) is 0 Å². The summed E-state index contributed by atoms with van der Waals surface area (Å²) in [5.74, 6) is 1.75. The Morgan fingerprint density at radius 3 is 1.97 bits per heavy atom. The molecule has 5 fully saturated rings. The van der Waals surface area contributed by atoms with Gasteiger partial charge in [0.1, 0.15) is 6.54 Å². The average molecular weight is 474 g/mol. The summed E-state index contributed by atoms with van der Waals surface area (Å²) in [4.78, 5) is 25.9. The van der Waals surface area contributed by atoms with E-state index in [4.69, 9.17) is 5.73 Å². The lowest BCUT2D eigenvalue weighted by Gasteiger charge is -2.57. The monoisotopic (exact) mass is 473 g/mol. The molecule has 4 aliphatic carbocycles. The summed E-state index contributed by atoms with van der Waals surface area (Å²) in [6, 6.07) is 7.95. The van der Waals surface area contributed by atoms with Crippen LogP contribution in [0.5, 0.6) is 0 Å². The number of amides is 2. The van der Waals surface area contributed by atoms with E-state index < -0.39 is 10.0 Å². The third-order valence-corrected chi connectivity index (χ3v) is 9.88. The number of nitrogens with zero attached hydrogens (tertiary/aromatic N) is 2. The van der Waals surface area contributed by atoms with Crippen LogP contribution in [0.4, 0.5) is 5.69 Å². The number of sulfonamides is 1. The first-order chi connectivity index (χ1) is 15.6. The molecule has 33 heavy (non-hydrogen) atoms. The van der Waals surface area contributed by atoms with Crippen molar-refractivity contribution in [3.05, 3.63) is 29.8 Å². The lowest BCUT2D eigenvalue weighted by molar-refractivity contribution is -0.133. The fourth-order valence-corrected chi connectivity index (χ4v) is 8.33. The zero-order valence-corrected chi connectivity index (χ0v) is 20.2. The van der Waals surface area contributed by atoms with Gasteiger partial charge in [-0.3, -0.25) is 13.9 Å². The minimum absolute atomic E-state index is 0.211. The minimum Gasteiger partial charge on any atom is -0.369 e. The number of nitrogens with two attached hydrogens (primary N) is 1. The Hall–Kier alpha value is -2.09. The molecule has 1 aromatic carbocycles. The summed E-state index contributed by atoms with van der Waals surface area (Å²) in [7, 11) is -3.62. The Morgan fingerprint density at radius 1 is 1.00 bits per heavy atom. The van der Waals surface area contributed by atoms with E-state index >= 15 is 0 Å². The third-order valence-electron chi connectivity index (χ3n) is 8.74.